The molecule has 1 amide bonds. The van der Waals surface area contributed by atoms with E-state index in [1.807, 2.05) is 12.1 Å². The van der Waals surface area contributed by atoms with Gasteiger partial charge in [0.15, 0.2) is 6.54 Å². The average molecular weight is 344 g/mol. The summed E-state index contributed by atoms with van der Waals surface area (Å²) in [6, 6.07) is 8.65. The van der Waals surface area contributed by atoms with Gasteiger partial charge in [0.2, 0.25) is 0 Å². The van der Waals surface area contributed by atoms with Crippen molar-refractivity contribution in [2.45, 2.75) is 31.7 Å². The molecule has 1 saturated heterocycles. The largest absolute Gasteiger partial charge is 0.495 e. The fraction of sp³-hybridized carbons (Fsp3) is 0.650. The Hall–Kier alpha value is -1.75. The van der Waals surface area contributed by atoms with Crippen LogP contribution in [0, 0.1) is 11.8 Å². The number of piperazine rings is 1. The van der Waals surface area contributed by atoms with E-state index in [2.05, 4.69) is 22.3 Å². The van der Waals surface area contributed by atoms with E-state index in [1.54, 1.807) is 7.11 Å². The number of fused-ring (bicyclic) bond motifs is 2. The van der Waals surface area contributed by atoms with Crippen LogP contribution in [-0.2, 0) is 4.79 Å². The Kier molecular flexibility index (Phi) is 4.84. The molecule has 0 unspecified atom stereocenters. The predicted octanol–water partition coefficient (Wildman–Crippen LogP) is 0.705. The van der Waals surface area contributed by atoms with Crippen molar-refractivity contribution in [3.05, 3.63) is 24.3 Å². The highest BCUT2D eigenvalue weighted by Crippen LogP contribution is 2.44. The van der Waals surface area contributed by atoms with E-state index in [4.69, 9.17) is 4.74 Å². The Morgan fingerprint density at radius 1 is 1.24 bits per heavy atom. The lowest BCUT2D eigenvalue weighted by molar-refractivity contribution is -0.892. The topological polar surface area (TPSA) is 46.0 Å². The molecule has 2 bridgehead atoms. The van der Waals surface area contributed by atoms with Crippen LogP contribution in [0.5, 0.6) is 5.75 Å². The molecule has 2 saturated carbocycles. The van der Waals surface area contributed by atoms with E-state index in [1.165, 1.54) is 30.6 Å². The number of benzene rings is 1. The molecule has 3 fully saturated rings. The Labute approximate surface area is 150 Å². The first-order valence-corrected chi connectivity index (χ1v) is 9.74. The van der Waals surface area contributed by atoms with Crippen molar-refractivity contribution in [2.75, 3.05) is 44.7 Å². The Morgan fingerprint density at radius 3 is 2.72 bits per heavy atom. The number of para-hydroxylation sites is 2. The fourth-order valence-electron chi connectivity index (χ4n) is 5.04. The fourth-order valence-corrected chi connectivity index (χ4v) is 5.04. The maximum atomic E-state index is 12.4. The lowest BCUT2D eigenvalue weighted by Crippen LogP contribution is -3.16. The van der Waals surface area contributed by atoms with Crippen LogP contribution in [0.4, 0.5) is 5.69 Å². The van der Waals surface area contributed by atoms with Crippen LogP contribution in [0.2, 0.25) is 0 Å². The van der Waals surface area contributed by atoms with Crippen LogP contribution < -0.4 is 19.9 Å². The molecule has 1 heterocycles. The summed E-state index contributed by atoms with van der Waals surface area (Å²) in [5.41, 5.74) is 1.16. The summed E-state index contributed by atoms with van der Waals surface area (Å²) in [4.78, 5) is 16.2. The first-order valence-electron chi connectivity index (χ1n) is 9.74. The summed E-state index contributed by atoms with van der Waals surface area (Å²) >= 11 is 0. The smallest absolute Gasteiger partial charge is 0.275 e. The third kappa shape index (κ3) is 3.61. The number of hydrogen-bond donors (Lipinski definition) is 2. The van der Waals surface area contributed by atoms with E-state index < -0.39 is 0 Å². The number of nitrogens with zero attached hydrogens (tertiary/aromatic N) is 1. The average Bonchev–Trinajstić information content (AvgIpc) is 3.25. The van der Waals surface area contributed by atoms with Crippen LogP contribution in [0.1, 0.15) is 25.7 Å². The zero-order chi connectivity index (χ0) is 17.2. The van der Waals surface area contributed by atoms with E-state index in [0.29, 0.717) is 12.6 Å². The second-order valence-corrected chi connectivity index (χ2v) is 7.93. The number of carbonyl (C=O) groups excluding carboxylic acids is 1. The molecule has 1 aliphatic heterocycles. The molecular weight excluding hydrogens is 314 g/mol. The Morgan fingerprint density at radius 2 is 2.04 bits per heavy atom. The number of ether oxygens (including phenoxy) is 1. The highest BCUT2D eigenvalue weighted by atomic mass is 16.5. The number of amides is 1. The molecule has 3 atom stereocenters. The van der Waals surface area contributed by atoms with Gasteiger partial charge in [-0.15, -0.1) is 0 Å². The zero-order valence-corrected chi connectivity index (χ0v) is 15.2. The first-order chi connectivity index (χ1) is 12.2. The molecule has 2 N–H and O–H groups in total. The first kappa shape index (κ1) is 16.7. The van der Waals surface area contributed by atoms with Crippen molar-refractivity contribution in [3.8, 4) is 5.75 Å². The second kappa shape index (κ2) is 7.24. The monoisotopic (exact) mass is 344 g/mol. The quantitative estimate of drug-likeness (QED) is 0.827. The number of hydrogen-bond acceptors (Lipinski definition) is 3. The molecule has 0 spiro atoms. The molecule has 1 aromatic rings. The summed E-state index contributed by atoms with van der Waals surface area (Å²) in [5, 5.41) is 3.33. The van der Waals surface area contributed by atoms with Crippen molar-refractivity contribution >= 4 is 11.6 Å². The van der Waals surface area contributed by atoms with Crippen LogP contribution in [0.3, 0.4) is 0 Å². The number of rotatable bonds is 5. The van der Waals surface area contributed by atoms with E-state index >= 15 is 0 Å². The van der Waals surface area contributed by atoms with Crippen molar-refractivity contribution in [1.29, 1.82) is 0 Å². The predicted molar refractivity (Wildman–Crippen MR) is 98.1 cm³/mol. The molecule has 0 radical (unpaired) electrons. The summed E-state index contributed by atoms with van der Waals surface area (Å²) in [5.74, 6) is 2.82. The van der Waals surface area contributed by atoms with E-state index in [-0.39, 0.29) is 5.91 Å². The molecule has 2 aliphatic carbocycles. The second-order valence-electron chi connectivity index (χ2n) is 7.93. The standard InChI is InChI=1S/C20H29N3O2/c1-25-19-5-3-2-4-18(19)23-10-8-22(9-11-23)14-20(24)21-17-13-15-6-7-16(17)12-15/h2-5,15-17H,6-14H2,1H3,(H,21,24)/p+1/t15-,16+,17+/m0/s1. The van der Waals surface area contributed by atoms with Crippen LogP contribution in [0.15, 0.2) is 24.3 Å². The number of quaternary nitrogens is 1. The molecule has 3 aliphatic rings. The minimum absolute atomic E-state index is 0.248. The molecular formula is C20H30N3O2+. The van der Waals surface area contributed by atoms with Crippen LogP contribution >= 0.6 is 0 Å². The summed E-state index contributed by atoms with van der Waals surface area (Å²) < 4.78 is 5.48. The molecule has 136 valence electrons. The van der Waals surface area contributed by atoms with Crippen LogP contribution in [-0.4, -0.2) is 51.8 Å². The van der Waals surface area contributed by atoms with Gasteiger partial charge in [0.25, 0.3) is 5.91 Å². The highest BCUT2D eigenvalue weighted by Gasteiger charge is 2.40. The van der Waals surface area contributed by atoms with E-state index in [9.17, 15) is 4.79 Å². The minimum atomic E-state index is 0.248. The molecule has 5 nitrogen and oxygen atoms in total. The van der Waals surface area contributed by atoms with Crippen molar-refractivity contribution in [1.82, 2.24) is 5.32 Å². The van der Waals surface area contributed by atoms with Crippen molar-refractivity contribution in [2.24, 2.45) is 11.8 Å². The third-order valence-corrected chi connectivity index (χ3v) is 6.39. The summed E-state index contributed by atoms with van der Waals surface area (Å²) in [6.45, 7) is 4.56. The van der Waals surface area contributed by atoms with Gasteiger partial charge in [0.05, 0.1) is 39.0 Å². The highest BCUT2D eigenvalue weighted by molar-refractivity contribution is 5.77. The normalized spacial score (nSPS) is 29.0. The molecule has 1 aromatic carbocycles. The summed E-state index contributed by atoms with van der Waals surface area (Å²) in [7, 11) is 1.72. The van der Waals surface area contributed by atoms with Crippen LogP contribution in [0.25, 0.3) is 0 Å². The molecule has 5 heteroatoms. The van der Waals surface area contributed by atoms with Gasteiger partial charge in [0.1, 0.15) is 5.75 Å². The number of methoxy groups -OCH3 is 1. The minimum Gasteiger partial charge on any atom is -0.495 e. The SMILES string of the molecule is COc1ccccc1N1CC[NH+](CC(=O)N[C@@H]2C[C@H]3CC[C@@H]2C3)CC1. The number of anilines is 1. The van der Waals surface area contributed by atoms with Gasteiger partial charge in [-0.3, -0.25) is 4.79 Å². The lowest BCUT2D eigenvalue weighted by Gasteiger charge is -2.34. The van der Waals surface area contributed by atoms with Crippen molar-refractivity contribution < 1.29 is 14.4 Å². The summed E-state index contributed by atoms with van der Waals surface area (Å²) in [6.07, 6.45) is 5.26. The number of carbonyl (C=O) groups is 1. The maximum Gasteiger partial charge on any atom is 0.275 e. The van der Waals surface area contributed by atoms with Gasteiger partial charge in [-0.25, -0.2) is 0 Å². The number of nitrogens with one attached hydrogen (secondary N) is 2. The lowest BCUT2D eigenvalue weighted by atomic mass is 9.95. The van der Waals surface area contributed by atoms with Gasteiger partial charge < -0.3 is 19.9 Å². The van der Waals surface area contributed by atoms with Gasteiger partial charge >= 0.3 is 0 Å². The maximum absolute atomic E-state index is 12.4. The molecule has 4 rings (SSSR count). The Balaban J connectivity index is 1.25. The van der Waals surface area contributed by atoms with E-state index in [0.717, 1.165) is 49.5 Å². The van der Waals surface area contributed by atoms with Gasteiger partial charge in [0, 0.05) is 6.04 Å². The molecule has 25 heavy (non-hydrogen) atoms. The Bertz CT molecular complexity index is 613. The zero-order valence-electron chi connectivity index (χ0n) is 15.2. The van der Waals surface area contributed by atoms with Gasteiger partial charge in [-0.2, -0.15) is 0 Å². The van der Waals surface area contributed by atoms with Gasteiger partial charge in [-0.1, -0.05) is 18.6 Å². The third-order valence-electron chi connectivity index (χ3n) is 6.39. The molecule has 0 aromatic heterocycles. The van der Waals surface area contributed by atoms with Crippen molar-refractivity contribution in [3.63, 3.8) is 0 Å². The van der Waals surface area contributed by atoms with Gasteiger partial charge in [-0.05, 0) is 43.2 Å².